The number of methoxy groups -OCH3 is 1. The molecule has 0 heterocycles. The van der Waals surface area contributed by atoms with Crippen LogP contribution in [0, 0.1) is 0 Å². The molecular formula is C10H18O4S. The molecule has 0 N–H and O–H groups in total. The number of hydrogen-bond acceptors (Lipinski definition) is 4. The van der Waals surface area contributed by atoms with Crippen LogP contribution < -0.4 is 0 Å². The third-order valence-corrected chi connectivity index (χ3v) is 5.19. The van der Waals surface area contributed by atoms with Gasteiger partial charge in [0, 0.05) is 6.42 Å². The van der Waals surface area contributed by atoms with Crippen molar-refractivity contribution in [2.45, 2.75) is 43.8 Å². The normalized spacial score (nSPS) is 17.9. The molecule has 0 aromatic heterocycles. The Hall–Kier alpha value is -0.580. The topological polar surface area (TPSA) is 60.4 Å². The molecule has 0 radical (unpaired) electrons. The van der Waals surface area contributed by atoms with Crippen molar-refractivity contribution < 1.29 is 17.9 Å². The molecule has 1 aliphatic rings. The van der Waals surface area contributed by atoms with Crippen molar-refractivity contribution in [2.75, 3.05) is 12.9 Å². The Balaban J connectivity index is 2.33. The van der Waals surface area contributed by atoms with E-state index < -0.39 is 9.84 Å². The zero-order chi connectivity index (χ0) is 11.3. The summed E-state index contributed by atoms with van der Waals surface area (Å²) in [5, 5.41) is -0.157. The van der Waals surface area contributed by atoms with Crippen LogP contribution in [-0.4, -0.2) is 32.5 Å². The highest BCUT2D eigenvalue weighted by Crippen LogP contribution is 2.25. The minimum atomic E-state index is -2.97. The van der Waals surface area contributed by atoms with Gasteiger partial charge in [0.05, 0.1) is 18.1 Å². The summed E-state index contributed by atoms with van der Waals surface area (Å²) in [5.41, 5.74) is 0. The molecule has 0 saturated heterocycles. The van der Waals surface area contributed by atoms with Gasteiger partial charge in [-0.1, -0.05) is 12.8 Å². The maximum Gasteiger partial charge on any atom is 0.305 e. The number of rotatable bonds is 5. The average Bonchev–Trinajstić information content (AvgIpc) is 2.70. The number of hydrogen-bond donors (Lipinski definition) is 0. The zero-order valence-electron chi connectivity index (χ0n) is 9.07. The van der Waals surface area contributed by atoms with E-state index in [-0.39, 0.29) is 23.4 Å². The van der Waals surface area contributed by atoms with E-state index >= 15 is 0 Å². The Bertz CT molecular complexity index is 301. The molecule has 0 bridgehead atoms. The number of ether oxygens (including phenoxy) is 1. The van der Waals surface area contributed by atoms with Gasteiger partial charge in [-0.3, -0.25) is 4.79 Å². The molecular weight excluding hydrogens is 216 g/mol. The lowest BCUT2D eigenvalue weighted by atomic mass is 10.3. The monoisotopic (exact) mass is 234 g/mol. The minimum Gasteiger partial charge on any atom is -0.469 e. The van der Waals surface area contributed by atoms with Crippen LogP contribution in [0.5, 0.6) is 0 Å². The average molecular weight is 234 g/mol. The van der Waals surface area contributed by atoms with Gasteiger partial charge in [-0.25, -0.2) is 8.42 Å². The van der Waals surface area contributed by atoms with Gasteiger partial charge < -0.3 is 4.74 Å². The molecule has 0 aromatic carbocycles. The fourth-order valence-corrected chi connectivity index (χ4v) is 3.87. The molecule has 1 saturated carbocycles. The van der Waals surface area contributed by atoms with Gasteiger partial charge >= 0.3 is 5.97 Å². The summed E-state index contributed by atoms with van der Waals surface area (Å²) in [7, 11) is -1.66. The molecule has 0 unspecified atom stereocenters. The lowest BCUT2D eigenvalue weighted by Gasteiger charge is -2.10. The van der Waals surface area contributed by atoms with Crippen LogP contribution in [-0.2, 0) is 19.4 Å². The Morgan fingerprint density at radius 1 is 1.33 bits per heavy atom. The molecule has 0 spiro atoms. The van der Waals surface area contributed by atoms with Crippen molar-refractivity contribution in [3.05, 3.63) is 0 Å². The number of sulfone groups is 1. The van der Waals surface area contributed by atoms with E-state index in [2.05, 4.69) is 4.74 Å². The van der Waals surface area contributed by atoms with Crippen LogP contribution in [0.2, 0.25) is 0 Å². The molecule has 0 aliphatic heterocycles. The first-order valence-corrected chi connectivity index (χ1v) is 7.06. The third kappa shape index (κ3) is 3.81. The molecule has 5 heteroatoms. The van der Waals surface area contributed by atoms with Crippen molar-refractivity contribution in [3.8, 4) is 0 Å². The maximum absolute atomic E-state index is 11.8. The summed E-state index contributed by atoms with van der Waals surface area (Å²) < 4.78 is 28.0. The van der Waals surface area contributed by atoms with Gasteiger partial charge in [0.2, 0.25) is 0 Å². The summed E-state index contributed by atoms with van der Waals surface area (Å²) in [6.07, 6.45) is 4.19. The fraction of sp³-hybridized carbons (Fsp3) is 0.900. The summed E-state index contributed by atoms with van der Waals surface area (Å²) >= 11 is 0. The number of carbonyl (C=O) groups excluding carboxylic acids is 1. The van der Waals surface area contributed by atoms with Crippen LogP contribution >= 0.6 is 0 Å². The van der Waals surface area contributed by atoms with Crippen LogP contribution in [0.1, 0.15) is 38.5 Å². The molecule has 0 aromatic rings. The van der Waals surface area contributed by atoms with Crippen molar-refractivity contribution in [3.63, 3.8) is 0 Å². The van der Waals surface area contributed by atoms with E-state index in [0.717, 1.165) is 25.7 Å². The highest BCUT2D eigenvalue weighted by atomic mass is 32.2. The lowest BCUT2D eigenvalue weighted by molar-refractivity contribution is -0.140. The Kier molecular flexibility index (Phi) is 4.57. The van der Waals surface area contributed by atoms with Gasteiger partial charge in [0.1, 0.15) is 0 Å². The standard InChI is InChI=1S/C10H18O4S/c1-14-10(11)7-4-8-15(12,13)9-5-2-3-6-9/h9H,2-8H2,1H3. The van der Waals surface area contributed by atoms with Crippen LogP contribution in [0.15, 0.2) is 0 Å². The molecule has 1 fully saturated rings. The van der Waals surface area contributed by atoms with Crippen LogP contribution in [0.3, 0.4) is 0 Å². The van der Waals surface area contributed by atoms with Crippen LogP contribution in [0.25, 0.3) is 0 Å². The molecule has 4 nitrogen and oxygen atoms in total. The smallest absolute Gasteiger partial charge is 0.305 e. The predicted octanol–water partition coefficient (Wildman–Crippen LogP) is 1.30. The fourth-order valence-electron chi connectivity index (χ4n) is 1.93. The quantitative estimate of drug-likeness (QED) is 0.673. The zero-order valence-corrected chi connectivity index (χ0v) is 9.88. The predicted molar refractivity (Wildman–Crippen MR) is 57.3 cm³/mol. The van der Waals surface area contributed by atoms with Crippen molar-refractivity contribution >= 4 is 15.8 Å². The van der Waals surface area contributed by atoms with Crippen molar-refractivity contribution in [1.29, 1.82) is 0 Å². The number of carbonyl (C=O) groups is 1. The van der Waals surface area contributed by atoms with Gasteiger partial charge in [-0.15, -0.1) is 0 Å². The Morgan fingerprint density at radius 3 is 2.47 bits per heavy atom. The van der Waals surface area contributed by atoms with E-state index in [0.29, 0.717) is 6.42 Å². The lowest BCUT2D eigenvalue weighted by Crippen LogP contribution is -2.21. The summed E-state index contributed by atoms with van der Waals surface area (Å²) in [6, 6.07) is 0. The highest BCUT2D eigenvalue weighted by molar-refractivity contribution is 7.92. The SMILES string of the molecule is COC(=O)CCCS(=O)(=O)C1CCCC1. The summed E-state index contributed by atoms with van der Waals surface area (Å²) in [5.74, 6) is -0.219. The molecule has 0 atom stereocenters. The van der Waals surface area contributed by atoms with Crippen LogP contribution in [0.4, 0.5) is 0 Å². The molecule has 1 rings (SSSR count). The van der Waals surface area contributed by atoms with E-state index in [9.17, 15) is 13.2 Å². The largest absolute Gasteiger partial charge is 0.469 e. The molecule has 0 amide bonds. The van der Waals surface area contributed by atoms with Crippen molar-refractivity contribution in [2.24, 2.45) is 0 Å². The first kappa shape index (κ1) is 12.5. The van der Waals surface area contributed by atoms with Gasteiger partial charge in [0.15, 0.2) is 9.84 Å². The molecule has 1 aliphatic carbocycles. The molecule has 15 heavy (non-hydrogen) atoms. The first-order valence-electron chi connectivity index (χ1n) is 5.34. The Labute approximate surface area is 90.9 Å². The summed E-state index contributed by atoms with van der Waals surface area (Å²) in [6.45, 7) is 0. The number of esters is 1. The van der Waals surface area contributed by atoms with E-state index in [1.165, 1.54) is 7.11 Å². The second kappa shape index (κ2) is 5.49. The third-order valence-electron chi connectivity index (χ3n) is 2.85. The maximum atomic E-state index is 11.8. The Morgan fingerprint density at radius 2 is 1.93 bits per heavy atom. The van der Waals surface area contributed by atoms with E-state index in [4.69, 9.17) is 0 Å². The van der Waals surface area contributed by atoms with Gasteiger partial charge in [0.25, 0.3) is 0 Å². The van der Waals surface area contributed by atoms with Gasteiger partial charge in [-0.2, -0.15) is 0 Å². The summed E-state index contributed by atoms with van der Waals surface area (Å²) in [4.78, 5) is 10.8. The molecule has 88 valence electrons. The van der Waals surface area contributed by atoms with Crippen molar-refractivity contribution in [1.82, 2.24) is 0 Å². The second-order valence-corrected chi connectivity index (χ2v) is 6.35. The minimum absolute atomic E-state index is 0.118. The van der Waals surface area contributed by atoms with E-state index in [1.807, 2.05) is 0 Å². The van der Waals surface area contributed by atoms with E-state index in [1.54, 1.807) is 0 Å². The van der Waals surface area contributed by atoms with Gasteiger partial charge in [-0.05, 0) is 19.3 Å². The second-order valence-electron chi connectivity index (χ2n) is 3.95. The first-order chi connectivity index (χ1) is 7.06. The highest BCUT2D eigenvalue weighted by Gasteiger charge is 2.28.